The molecule has 0 fully saturated rings. The lowest BCUT2D eigenvalue weighted by molar-refractivity contribution is -0.131. The molecule has 1 heterocycles. The zero-order chi connectivity index (χ0) is 15.8. The van der Waals surface area contributed by atoms with Crippen molar-refractivity contribution in [2.24, 2.45) is 5.92 Å². The van der Waals surface area contributed by atoms with Crippen LogP contribution in [0.4, 0.5) is 0 Å². The Labute approximate surface area is 128 Å². The number of hydrogen-bond acceptors (Lipinski definition) is 4. The molecule has 2 N–H and O–H groups in total. The maximum absolute atomic E-state index is 11.9. The van der Waals surface area contributed by atoms with Crippen molar-refractivity contribution >= 4 is 29.3 Å². The highest BCUT2D eigenvalue weighted by atomic mass is 32.1. The molecule has 0 unspecified atom stereocenters. The maximum atomic E-state index is 11.9. The summed E-state index contributed by atoms with van der Waals surface area (Å²) < 4.78 is 5.39. The van der Waals surface area contributed by atoms with Gasteiger partial charge in [-0.05, 0) is 30.5 Å². The van der Waals surface area contributed by atoms with Gasteiger partial charge >= 0.3 is 5.97 Å². The van der Waals surface area contributed by atoms with Gasteiger partial charge in [-0.25, -0.2) is 4.79 Å². The van der Waals surface area contributed by atoms with Crippen molar-refractivity contribution in [3.05, 3.63) is 27.5 Å². The van der Waals surface area contributed by atoms with Crippen LogP contribution in [0.15, 0.2) is 12.1 Å². The van der Waals surface area contributed by atoms with E-state index in [1.165, 1.54) is 17.4 Å². The minimum atomic E-state index is -1.00. The van der Waals surface area contributed by atoms with Crippen LogP contribution in [0.25, 0.3) is 6.08 Å². The van der Waals surface area contributed by atoms with Crippen LogP contribution in [0.5, 0.6) is 0 Å². The summed E-state index contributed by atoms with van der Waals surface area (Å²) in [5.41, 5.74) is 0.888. The second-order valence-electron chi connectivity index (χ2n) is 5.05. The van der Waals surface area contributed by atoms with Gasteiger partial charge in [-0.3, -0.25) is 4.79 Å². The highest BCUT2D eigenvalue weighted by Crippen LogP contribution is 2.23. The van der Waals surface area contributed by atoms with E-state index in [4.69, 9.17) is 9.84 Å². The smallest absolute Gasteiger partial charge is 0.328 e. The second-order valence-corrected chi connectivity index (χ2v) is 6.14. The summed E-state index contributed by atoms with van der Waals surface area (Å²) in [7, 11) is 0. The lowest BCUT2D eigenvalue weighted by Crippen LogP contribution is -2.27. The largest absolute Gasteiger partial charge is 0.478 e. The molecule has 0 atom stereocenters. The van der Waals surface area contributed by atoms with Gasteiger partial charge in [-0.15, -0.1) is 11.3 Å². The van der Waals surface area contributed by atoms with Crippen LogP contribution in [0, 0.1) is 12.8 Å². The summed E-state index contributed by atoms with van der Waals surface area (Å²) >= 11 is 1.28. The van der Waals surface area contributed by atoms with Crippen LogP contribution in [-0.2, 0) is 9.53 Å². The Bertz CT molecular complexity index is 520. The summed E-state index contributed by atoms with van der Waals surface area (Å²) in [6.45, 7) is 7.61. The molecule has 0 radical (unpaired) electrons. The number of nitrogens with one attached hydrogen (secondary N) is 1. The summed E-state index contributed by atoms with van der Waals surface area (Å²) in [5.74, 6) is -0.688. The molecule has 0 spiro atoms. The highest BCUT2D eigenvalue weighted by Gasteiger charge is 2.10. The Morgan fingerprint density at radius 3 is 2.81 bits per heavy atom. The van der Waals surface area contributed by atoms with Gasteiger partial charge in [0.15, 0.2) is 0 Å². The zero-order valence-electron chi connectivity index (χ0n) is 12.5. The molecule has 1 aromatic heterocycles. The van der Waals surface area contributed by atoms with E-state index in [9.17, 15) is 9.59 Å². The molecule has 1 amide bonds. The van der Waals surface area contributed by atoms with E-state index >= 15 is 0 Å². The van der Waals surface area contributed by atoms with Crippen LogP contribution >= 0.6 is 11.3 Å². The minimum Gasteiger partial charge on any atom is -0.478 e. The molecular formula is C15H21NO4S. The van der Waals surface area contributed by atoms with Crippen molar-refractivity contribution < 1.29 is 19.4 Å². The third-order valence-electron chi connectivity index (χ3n) is 2.54. The lowest BCUT2D eigenvalue weighted by Gasteiger charge is -2.07. The average Bonchev–Trinajstić information content (AvgIpc) is 2.77. The average molecular weight is 311 g/mol. The van der Waals surface area contributed by atoms with Gasteiger partial charge in [-0.2, -0.15) is 0 Å². The van der Waals surface area contributed by atoms with Crippen LogP contribution in [0.1, 0.15) is 34.0 Å². The van der Waals surface area contributed by atoms with Crippen LogP contribution < -0.4 is 5.32 Å². The maximum Gasteiger partial charge on any atom is 0.328 e. The Morgan fingerprint density at radius 1 is 1.48 bits per heavy atom. The number of carboxylic acids is 1. The summed E-state index contributed by atoms with van der Waals surface area (Å²) in [6, 6.07) is 1.76. The number of rotatable bonds is 8. The molecule has 6 heteroatoms. The van der Waals surface area contributed by atoms with Gasteiger partial charge < -0.3 is 15.2 Å². The first-order valence-electron chi connectivity index (χ1n) is 6.77. The topological polar surface area (TPSA) is 75.6 Å². The molecule has 0 saturated carbocycles. The molecule has 0 bridgehead atoms. The van der Waals surface area contributed by atoms with Gasteiger partial charge in [0, 0.05) is 24.1 Å². The van der Waals surface area contributed by atoms with Gasteiger partial charge in [0.1, 0.15) is 0 Å². The number of aliphatic carboxylic acids is 1. The standard InChI is InChI=1S/C15H21NO4S/c1-10(2)9-20-7-6-16-15(19)13-8-11(3)12(21-13)4-5-14(17)18/h4-5,8,10H,6-7,9H2,1-3H3,(H,16,19)(H,17,18)/b5-4+. The molecule has 1 aromatic rings. The van der Waals surface area contributed by atoms with E-state index < -0.39 is 5.97 Å². The fraction of sp³-hybridized carbons (Fsp3) is 0.467. The minimum absolute atomic E-state index is 0.161. The summed E-state index contributed by atoms with van der Waals surface area (Å²) in [6.07, 6.45) is 2.57. The van der Waals surface area contributed by atoms with E-state index in [1.54, 1.807) is 6.07 Å². The van der Waals surface area contributed by atoms with E-state index in [0.717, 1.165) is 16.5 Å². The molecule has 21 heavy (non-hydrogen) atoms. The highest BCUT2D eigenvalue weighted by molar-refractivity contribution is 7.15. The molecule has 0 aromatic carbocycles. The lowest BCUT2D eigenvalue weighted by atomic mass is 10.2. The first-order chi connectivity index (χ1) is 9.90. The van der Waals surface area contributed by atoms with E-state index in [2.05, 4.69) is 19.2 Å². The SMILES string of the molecule is Cc1cc(C(=O)NCCOCC(C)C)sc1/C=C/C(=O)O. The third-order valence-corrected chi connectivity index (χ3v) is 3.74. The molecule has 0 aliphatic heterocycles. The zero-order valence-corrected chi connectivity index (χ0v) is 13.3. The molecule has 0 saturated heterocycles. The summed E-state index contributed by atoms with van der Waals surface area (Å²) in [4.78, 5) is 23.8. The predicted octanol–water partition coefficient (Wildman–Crippen LogP) is 2.56. The first kappa shape index (κ1) is 17.4. The Balaban J connectivity index is 2.48. The molecule has 116 valence electrons. The normalized spacial score (nSPS) is 11.2. The monoisotopic (exact) mass is 311 g/mol. The number of aryl methyl sites for hydroxylation is 1. The van der Waals surface area contributed by atoms with Gasteiger partial charge in [0.2, 0.25) is 0 Å². The van der Waals surface area contributed by atoms with Crippen molar-refractivity contribution in [3.63, 3.8) is 0 Å². The van der Waals surface area contributed by atoms with Crippen molar-refractivity contribution in [2.75, 3.05) is 19.8 Å². The van der Waals surface area contributed by atoms with Gasteiger partial charge in [0.05, 0.1) is 11.5 Å². The number of hydrogen-bond donors (Lipinski definition) is 2. The van der Waals surface area contributed by atoms with E-state index in [-0.39, 0.29) is 5.91 Å². The Hall–Kier alpha value is -1.66. The molecule has 5 nitrogen and oxygen atoms in total. The Kier molecular flexibility index (Phi) is 7.11. The second kappa shape index (κ2) is 8.59. The van der Waals surface area contributed by atoms with Crippen molar-refractivity contribution in [2.45, 2.75) is 20.8 Å². The molecule has 0 aliphatic carbocycles. The fourth-order valence-corrected chi connectivity index (χ4v) is 2.56. The van der Waals surface area contributed by atoms with Crippen molar-refractivity contribution in [3.8, 4) is 0 Å². The quantitative estimate of drug-likeness (QED) is 0.571. The predicted molar refractivity (Wildman–Crippen MR) is 83.7 cm³/mol. The first-order valence-corrected chi connectivity index (χ1v) is 7.59. The van der Waals surface area contributed by atoms with E-state index in [0.29, 0.717) is 30.6 Å². The molecule has 0 aliphatic rings. The van der Waals surface area contributed by atoms with Crippen molar-refractivity contribution in [1.82, 2.24) is 5.32 Å². The number of carboxylic acid groups (broad SMARTS) is 1. The number of carbonyl (C=O) groups excluding carboxylic acids is 1. The van der Waals surface area contributed by atoms with Crippen molar-refractivity contribution in [1.29, 1.82) is 0 Å². The fourth-order valence-electron chi connectivity index (χ4n) is 1.56. The van der Waals surface area contributed by atoms with Gasteiger partial charge in [-0.1, -0.05) is 13.8 Å². The number of ether oxygens (including phenoxy) is 1. The van der Waals surface area contributed by atoms with Gasteiger partial charge in [0.25, 0.3) is 5.91 Å². The Morgan fingerprint density at radius 2 is 2.19 bits per heavy atom. The van der Waals surface area contributed by atoms with Crippen LogP contribution in [-0.4, -0.2) is 36.7 Å². The number of carbonyl (C=O) groups is 2. The number of amides is 1. The van der Waals surface area contributed by atoms with Crippen LogP contribution in [0.3, 0.4) is 0 Å². The summed E-state index contributed by atoms with van der Waals surface area (Å²) in [5, 5.41) is 11.4. The number of thiophene rings is 1. The molecule has 1 rings (SSSR count). The van der Waals surface area contributed by atoms with Crippen LogP contribution in [0.2, 0.25) is 0 Å². The van der Waals surface area contributed by atoms with E-state index in [1.807, 2.05) is 6.92 Å². The third kappa shape index (κ3) is 6.55. The molecular weight excluding hydrogens is 290 g/mol.